The third-order valence-corrected chi connectivity index (χ3v) is 6.94. The van der Waals surface area contributed by atoms with Gasteiger partial charge in [0, 0.05) is 36.5 Å². The number of anilines is 1. The summed E-state index contributed by atoms with van der Waals surface area (Å²) in [6, 6.07) is 13.9. The number of amides is 1. The van der Waals surface area contributed by atoms with E-state index >= 15 is 0 Å². The zero-order chi connectivity index (χ0) is 21.1. The van der Waals surface area contributed by atoms with Gasteiger partial charge in [0.1, 0.15) is 6.10 Å². The standard InChI is InChI=1S/C21H22N4O4S/c1-15(26)23-17-6-8-19(9-7-17)30(27,28)25-12-10-18(11-13-25)29-21-20-5-3-2-4-16(20)14-22-24-21/h2-9,14,18H,10-13H2,1H3,(H,23,26). The smallest absolute Gasteiger partial charge is 0.243 e. The van der Waals surface area contributed by atoms with E-state index in [0.29, 0.717) is 37.5 Å². The van der Waals surface area contributed by atoms with Crippen LogP contribution in [0.4, 0.5) is 5.69 Å². The Morgan fingerprint density at radius 2 is 1.80 bits per heavy atom. The quantitative estimate of drug-likeness (QED) is 0.673. The summed E-state index contributed by atoms with van der Waals surface area (Å²) < 4.78 is 33.4. The van der Waals surface area contributed by atoms with E-state index in [1.54, 1.807) is 18.3 Å². The number of nitrogens with zero attached hydrogens (tertiary/aromatic N) is 3. The van der Waals surface area contributed by atoms with Gasteiger partial charge in [0.25, 0.3) is 0 Å². The van der Waals surface area contributed by atoms with Crippen molar-refractivity contribution in [1.82, 2.24) is 14.5 Å². The maximum atomic E-state index is 12.9. The first-order valence-corrected chi connectivity index (χ1v) is 11.1. The van der Waals surface area contributed by atoms with Crippen molar-refractivity contribution in [2.24, 2.45) is 0 Å². The van der Waals surface area contributed by atoms with E-state index in [-0.39, 0.29) is 16.9 Å². The number of hydrogen-bond acceptors (Lipinski definition) is 6. The molecule has 3 aromatic rings. The fraction of sp³-hybridized carbons (Fsp3) is 0.286. The lowest BCUT2D eigenvalue weighted by Gasteiger charge is -2.31. The number of aromatic nitrogens is 2. The molecule has 30 heavy (non-hydrogen) atoms. The Hall–Kier alpha value is -3.04. The summed E-state index contributed by atoms with van der Waals surface area (Å²) in [6.45, 7) is 2.12. The van der Waals surface area contributed by atoms with Crippen LogP contribution >= 0.6 is 0 Å². The first-order chi connectivity index (χ1) is 14.4. The number of carbonyl (C=O) groups excluding carboxylic acids is 1. The Morgan fingerprint density at radius 3 is 2.50 bits per heavy atom. The van der Waals surface area contributed by atoms with E-state index < -0.39 is 10.0 Å². The van der Waals surface area contributed by atoms with Crippen LogP contribution in [0.1, 0.15) is 19.8 Å². The summed E-state index contributed by atoms with van der Waals surface area (Å²) in [5.74, 6) is 0.270. The number of rotatable bonds is 5. The second-order valence-corrected chi connectivity index (χ2v) is 9.10. The van der Waals surface area contributed by atoms with Crippen LogP contribution in [-0.4, -0.2) is 48.0 Å². The van der Waals surface area contributed by atoms with Gasteiger partial charge in [-0.25, -0.2) is 8.42 Å². The fourth-order valence-corrected chi connectivity index (χ4v) is 4.97. The van der Waals surface area contributed by atoms with Crippen LogP contribution in [0.3, 0.4) is 0 Å². The average molecular weight is 426 g/mol. The molecule has 8 nitrogen and oxygen atoms in total. The Kier molecular flexibility index (Phi) is 5.65. The van der Waals surface area contributed by atoms with E-state index in [0.717, 1.165) is 10.8 Å². The molecule has 1 fully saturated rings. The van der Waals surface area contributed by atoms with Crippen molar-refractivity contribution < 1.29 is 17.9 Å². The van der Waals surface area contributed by atoms with Gasteiger partial charge in [0.15, 0.2) is 0 Å². The lowest BCUT2D eigenvalue weighted by molar-refractivity contribution is -0.114. The SMILES string of the molecule is CC(=O)Nc1ccc(S(=O)(=O)N2CCC(Oc3nncc4ccccc34)CC2)cc1. The van der Waals surface area contributed by atoms with Crippen LogP contribution in [0.25, 0.3) is 10.8 Å². The van der Waals surface area contributed by atoms with Gasteiger partial charge >= 0.3 is 0 Å². The molecule has 0 saturated carbocycles. The van der Waals surface area contributed by atoms with Gasteiger partial charge in [-0.1, -0.05) is 18.2 Å². The highest BCUT2D eigenvalue weighted by molar-refractivity contribution is 7.89. The van der Waals surface area contributed by atoms with Crippen molar-refractivity contribution in [2.45, 2.75) is 30.8 Å². The molecule has 9 heteroatoms. The predicted octanol–water partition coefficient (Wildman–Crippen LogP) is 2.82. The van der Waals surface area contributed by atoms with Crippen LogP contribution in [0.2, 0.25) is 0 Å². The Labute approximate surface area is 174 Å². The van der Waals surface area contributed by atoms with E-state index in [4.69, 9.17) is 4.74 Å². The van der Waals surface area contributed by atoms with Crippen molar-refractivity contribution in [3.8, 4) is 5.88 Å². The molecule has 0 atom stereocenters. The Morgan fingerprint density at radius 1 is 1.10 bits per heavy atom. The summed E-state index contributed by atoms with van der Waals surface area (Å²) in [5.41, 5.74) is 0.560. The van der Waals surface area contributed by atoms with Crippen LogP contribution < -0.4 is 10.1 Å². The molecule has 0 bridgehead atoms. The second kappa shape index (κ2) is 8.37. The number of nitrogens with one attached hydrogen (secondary N) is 1. The molecular formula is C21H22N4O4S. The lowest BCUT2D eigenvalue weighted by atomic mass is 10.1. The first kappa shape index (κ1) is 20.2. The monoisotopic (exact) mass is 426 g/mol. The number of benzene rings is 2. The molecule has 0 aliphatic carbocycles. The average Bonchev–Trinajstić information content (AvgIpc) is 2.74. The Balaban J connectivity index is 1.41. The summed E-state index contributed by atoms with van der Waals surface area (Å²) >= 11 is 0. The van der Waals surface area contributed by atoms with Crippen molar-refractivity contribution in [3.63, 3.8) is 0 Å². The van der Waals surface area contributed by atoms with E-state index in [1.165, 1.54) is 23.4 Å². The highest BCUT2D eigenvalue weighted by Crippen LogP contribution is 2.27. The summed E-state index contributed by atoms with van der Waals surface area (Å²) in [6.07, 6.45) is 2.69. The van der Waals surface area contributed by atoms with E-state index in [2.05, 4.69) is 15.5 Å². The van der Waals surface area contributed by atoms with Crippen LogP contribution in [0.5, 0.6) is 5.88 Å². The lowest BCUT2D eigenvalue weighted by Crippen LogP contribution is -2.41. The summed E-state index contributed by atoms with van der Waals surface area (Å²) in [5, 5.41) is 12.6. The molecule has 1 amide bonds. The summed E-state index contributed by atoms with van der Waals surface area (Å²) in [7, 11) is -3.60. The molecule has 1 aromatic heterocycles. The van der Waals surface area contributed by atoms with Crippen molar-refractivity contribution in [2.75, 3.05) is 18.4 Å². The second-order valence-electron chi connectivity index (χ2n) is 7.16. The number of hydrogen-bond donors (Lipinski definition) is 1. The zero-order valence-corrected chi connectivity index (χ0v) is 17.3. The molecule has 1 aliphatic rings. The predicted molar refractivity (Wildman–Crippen MR) is 113 cm³/mol. The zero-order valence-electron chi connectivity index (χ0n) is 16.5. The molecule has 1 saturated heterocycles. The number of fused-ring (bicyclic) bond motifs is 1. The molecule has 156 valence electrons. The third kappa shape index (κ3) is 4.27. The van der Waals surface area contributed by atoms with E-state index in [9.17, 15) is 13.2 Å². The molecule has 2 heterocycles. The van der Waals surface area contributed by atoms with Crippen molar-refractivity contribution in [1.29, 1.82) is 0 Å². The molecular weight excluding hydrogens is 404 g/mol. The number of carbonyl (C=O) groups is 1. The molecule has 1 aliphatic heterocycles. The van der Waals surface area contributed by atoms with Gasteiger partial charge in [-0.3, -0.25) is 4.79 Å². The first-order valence-electron chi connectivity index (χ1n) is 9.68. The van der Waals surface area contributed by atoms with Gasteiger partial charge < -0.3 is 10.1 Å². The summed E-state index contributed by atoms with van der Waals surface area (Å²) in [4.78, 5) is 11.3. The van der Waals surface area contributed by atoms with Crippen LogP contribution in [-0.2, 0) is 14.8 Å². The number of ether oxygens (including phenoxy) is 1. The molecule has 0 unspecified atom stereocenters. The highest BCUT2D eigenvalue weighted by Gasteiger charge is 2.30. The minimum atomic E-state index is -3.60. The van der Waals surface area contributed by atoms with Gasteiger partial charge in [0.2, 0.25) is 21.8 Å². The topological polar surface area (TPSA) is 101 Å². The highest BCUT2D eigenvalue weighted by atomic mass is 32.2. The largest absolute Gasteiger partial charge is 0.473 e. The van der Waals surface area contributed by atoms with Gasteiger partial charge in [0.05, 0.1) is 11.1 Å². The molecule has 4 rings (SSSR count). The number of piperidine rings is 1. The van der Waals surface area contributed by atoms with Gasteiger partial charge in [-0.2, -0.15) is 9.40 Å². The normalized spacial score (nSPS) is 15.8. The van der Waals surface area contributed by atoms with Gasteiger partial charge in [-0.15, -0.1) is 5.10 Å². The minimum absolute atomic E-state index is 0.126. The maximum absolute atomic E-state index is 12.9. The maximum Gasteiger partial charge on any atom is 0.243 e. The van der Waals surface area contributed by atoms with Crippen molar-refractivity contribution in [3.05, 3.63) is 54.7 Å². The van der Waals surface area contributed by atoms with E-state index in [1.807, 2.05) is 24.3 Å². The fourth-order valence-electron chi connectivity index (χ4n) is 3.50. The molecule has 2 aromatic carbocycles. The Bertz CT molecular complexity index is 1150. The minimum Gasteiger partial charge on any atom is -0.473 e. The third-order valence-electron chi connectivity index (χ3n) is 5.03. The number of sulfonamides is 1. The van der Waals surface area contributed by atoms with Crippen LogP contribution in [0, 0.1) is 0 Å². The van der Waals surface area contributed by atoms with Gasteiger partial charge in [-0.05, 0) is 43.2 Å². The van der Waals surface area contributed by atoms with Crippen molar-refractivity contribution >= 4 is 32.4 Å². The molecule has 1 N–H and O–H groups in total. The molecule has 0 spiro atoms. The van der Waals surface area contributed by atoms with Crippen LogP contribution in [0.15, 0.2) is 59.6 Å². The molecule has 0 radical (unpaired) electrons.